The number of thiophene rings is 1. The zero-order valence-corrected chi connectivity index (χ0v) is 18.8. The van der Waals surface area contributed by atoms with Crippen LogP contribution in [0.25, 0.3) is 5.57 Å². The molecule has 1 amide bonds. The molecule has 2 rings (SSSR count). The van der Waals surface area contributed by atoms with Gasteiger partial charge in [0.15, 0.2) is 5.69 Å². The van der Waals surface area contributed by atoms with Gasteiger partial charge in [0.2, 0.25) is 15.0 Å². The summed E-state index contributed by atoms with van der Waals surface area (Å²) < 4.78 is 28.8. The molecule has 0 aromatic carbocycles. The van der Waals surface area contributed by atoms with Crippen LogP contribution >= 0.6 is 22.9 Å². The second kappa shape index (κ2) is 9.34. The lowest BCUT2D eigenvalue weighted by atomic mass is 10.1. The van der Waals surface area contributed by atoms with E-state index < -0.39 is 26.9 Å². The van der Waals surface area contributed by atoms with Crippen LogP contribution in [0.3, 0.4) is 0 Å². The van der Waals surface area contributed by atoms with Crippen LogP contribution in [0.15, 0.2) is 17.4 Å². The van der Waals surface area contributed by atoms with Crippen LogP contribution in [-0.2, 0) is 14.6 Å². The summed E-state index contributed by atoms with van der Waals surface area (Å²) in [6.07, 6.45) is 2.34. The molecule has 0 saturated carbocycles. The SMILES string of the molecule is CCS(=O)(=O)c1ncc(Cl)c(C(=O)Nc2sc(C(C)=CC#N)c(C)c2C(=O)OC)n1. The Balaban J connectivity index is 2.55. The van der Waals surface area contributed by atoms with E-state index in [0.29, 0.717) is 16.0 Å². The van der Waals surface area contributed by atoms with E-state index in [1.54, 1.807) is 13.8 Å². The minimum Gasteiger partial charge on any atom is -0.465 e. The van der Waals surface area contributed by atoms with Gasteiger partial charge in [-0.1, -0.05) is 18.5 Å². The van der Waals surface area contributed by atoms with Crippen LogP contribution < -0.4 is 5.32 Å². The van der Waals surface area contributed by atoms with E-state index in [1.807, 2.05) is 6.07 Å². The molecular formula is C18H17ClN4O5S2. The number of carbonyl (C=O) groups is 2. The molecule has 2 heterocycles. The van der Waals surface area contributed by atoms with Gasteiger partial charge in [-0.05, 0) is 25.0 Å². The van der Waals surface area contributed by atoms with Gasteiger partial charge in [-0.2, -0.15) is 5.26 Å². The number of ether oxygens (including phenoxy) is 1. The third kappa shape index (κ3) is 4.67. The summed E-state index contributed by atoms with van der Waals surface area (Å²) >= 11 is 7.06. The van der Waals surface area contributed by atoms with Crippen molar-refractivity contribution in [2.75, 3.05) is 18.2 Å². The lowest BCUT2D eigenvalue weighted by molar-refractivity contribution is 0.0601. The average Bonchev–Trinajstić information content (AvgIpc) is 3.03. The Morgan fingerprint density at radius 2 is 2.10 bits per heavy atom. The number of anilines is 1. The van der Waals surface area contributed by atoms with Crippen LogP contribution in [0.2, 0.25) is 5.02 Å². The van der Waals surface area contributed by atoms with Crippen molar-refractivity contribution in [3.05, 3.63) is 39.0 Å². The molecular weight excluding hydrogens is 452 g/mol. The first kappa shape index (κ1) is 23.5. The normalized spacial score (nSPS) is 11.7. The van der Waals surface area contributed by atoms with Crippen molar-refractivity contribution in [3.8, 4) is 6.07 Å². The van der Waals surface area contributed by atoms with Crippen molar-refractivity contribution < 1.29 is 22.7 Å². The van der Waals surface area contributed by atoms with E-state index in [1.165, 1.54) is 20.1 Å². The maximum Gasteiger partial charge on any atom is 0.341 e. The molecule has 0 atom stereocenters. The van der Waals surface area contributed by atoms with Crippen LogP contribution in [0.5, 0.6) is 0 Å². The van der Waals surface area contributed by atoms with Gasteiger partial charge < -0.3 is 10.1 Å². The molecule has 2 aromatic rings. The van der Waals surface area contributed by atoms with Gasteiger partial charge in [-0.15, -0.1) is 11.3 Å². The van der Waals surface area contributed by atoms with Gasteiger partial charge in [0, 0.05) is 11.0 Å². The molecule has 0 bridgehead atoms. The summed E-state index contributed by atoms with van der Waals surface area (Å²) in [5.41, 5.74) is 0.880. The fraction of sp³-hybridized carbons (Fsp3) is 0.278. The van der Waals surface area contributed by atoms with Crippen molar-refractivity contribution in [2.24, 2.45) is 0 Å². The number of methoxy groups -OCH3 is 1. The number of halogens is 1. The summed E-state index contributed by atoms with van der Waals surface area (Å²) in [4.78, 5) is 33.1. The zero-order chi connectivity index (χ0) is 22.6. The molecule has 0 fully saturated rings. The van der Waals surface area contributed by atoms with Crippen LogP contribution in [0, 0.1) is 18.3 Å². The van der Waals surface area contributed by atoms with Gasteiger partial charge in [0.1, 0.15) is 5.00 Å². The number of nitrogens with one attached hydrogen (secondary N) is 1. The first-order valence-electron chi connectivity index (χ1n) is 8.42. The zero-order valence-electron chi connectivity index (χ0n) is 16.4. The number of rotatable bonds is 6. The highest BCUT2D eigenvalue weighted by Crippen LogP contribution is 2.38. The molecule has 30 heavy (non-hydrogen) atoms. The molecule has 0 aliphatic heterocycles. The van der Waals surface area contributed by atoms with Gasteiger partial charge in [0.25, 0.3) is 5.91 Å². The van der Waals surface area contributed by atoms with E-state index in [0.717, 1.165) is 17.5 Å². The molecule has 12 heteroatoms. The number of allylic oxidation sites excluding steroid dienone is 2. The molecule has 0 saturated heterocycles. The predicted molar refractivity (Wildman–Crippen MR) is 112 cm³/mol. The molecule has 0 spiro atoms. The lowest BCUT2D eigenvalue weighted by Crippen LogP contribution is -2.19. The summed E-state index contributed by atoms with van der Waals surface area (Å²) in [6, 6.07) is 1.91. The third-order valence-electron chi connectivity index (χ3n) is 4.00. The first-order chi connectivity index (χ1) is 14.1. The highest BCUT2D eigenvalue weighted by atomic mass is 35.5. The monoisotopic (exact) mass is 468 g/mol. The number of amides is 1. The highest BCUT2D eigenvalue weighted by molar-refractivity contribution is 7.91. The van der Waals surface area contributed by atoms with E-state index in [2.05, 4.69) is 15.3 Å². The fourth-order valence-corrected chi connectivity index (χ4v) is 4.48. The summed E-state index contributed by atoms with van der Waals surface area (Å²) in [5, 5.41) is 10.9. The maximum atomic E-state index is 12.8. The van der Waals surface area contributed by atoms with E-state index in [-0.39, 0.29) is 27.0 Å². The molecule has 9 nitrogen and oxygen atoms in total. The number of hydrogen-bond donors (Lipinski definition) is 1. The van der Waals surface area contributed by atoms with Gasteiger partial charge in [-0.3, -0.25) is 4.79 Å². The first-order valence-corrected chi connectivity index (χ1v) is 11.3. The maximum absolute atomic E-state index is 12.8. The molecule has 0 unspecified atom stereocenters. The Hall–Kier alpha value is -2.81. The third-order valence-corrected chi connectivity index (χ3v) is 7.13. The molecule has 0 radical (unpaired) electrons. The minimum atomic E-state index is -3.76. The Morgan fingerprint density at radius 3 is 2.67 bits per heavy atom. The predicted octanol–water partition coefficient (Wildman–Crippen LogP) is 3.26. The largest absolute Gasteiger partial charge is 0.465 e. The molecule has 0 aliphatic rings. The molecule has 2 aromatic heterocycles. The Kier molecular flexibility index (Phi) is 7.30. The summed E-state index contributed by atoms with van der Waals surface area (Å²) in [6.45, 7) is 4.77. The van der Waals surface area contributed by atoms with Gasteiger partial charge >= 0.3 is 5.97 Å². The van der Waals surface area contributed by atoms with Crippen molar-refractivity contribution >= 4 is 55.2 Å². The topological polar surface area (TPSA) is 139 Å². The van der Waals surface area contributed by atoms with E-state index in [9.17, 15) is 18.0 Å². The van der Waals surface area contributed by atoms with Crippen molar-refractivity contribution in [2.45, 2.75) is 25.9 Å². The number of nitrogens with zero attached hydrogens (tertiary/aromatic N) is 3. The number of hydrogen-bond acceptors (Lipinski definition) is 9. The minimum absolute atomic E-state index is 0.114. The van der Waals surface area contributed by atoms with Crippen molar-refractivity contribution in [1.82, 2.24) is 9.97 Å². The van der Waals surface area contributed by atoms with Gasteiger partial charge in [0.05, 0.1) is 35.7 Å². The standard InChI is InChI=1S/C18H17ClN4O5S2/c1-5-30(26,27)18-21-8-11(19)13(22-18)15(24)23-16-12(17(25)28-4)10(3)14(29-16)9(2)6-7-20/h6,8H,5H2,1-4H3,(H,23,24). The second-order valence-electron chi connectivity index (χ2n) is 5.92. The highest BCUT2D eigenvalue weighted by Gasteiger charge is 2.26. The van der Waals surface area contributed by atoms with E-state index in [4.69, 9.17) is 21.6 Å². The Labute approximate surface area is 182 Å². The number of aromatic nitrogens is 2. The lowest BCUT2D eigenvalue weighted by Gasteiger charge is -2.08. The quantitative estimate of drug-likeness (QED) is 0.387. The number of carbonyl (C=O) groups excluding carboxylic acids is 2. The van der Waals surface area contributed by atoms with Crippen molar-refractivity contribution in [3.63, 3.8) is 0 Å². The van der Waals surface area contributed by atoms with Crippen LogP contribution in [0.1, 0.15) is 45.1 Å². The summed E-state index contributed by atoms with van der Waals surface area (Å²) in [7, 11) is -2.56. The van der Waals surface area contributed by atoms with Crippen LogP contribution in [-0.4, -0.2) is 43.1 Å². The molecule has 0 aliphatic carbocycles. The van der Waals surface area contributed by atoms with E-state index >= 15 is 0 Å². The number of nitriles is 1. The number of sulfone groups is 1. The number of esters is 1. The van der Waals surface area contributed by atoms with Gasteiger partial charge in [-0.25, -0.2) is 23.2 Å². The van der Waals surface area contributed by atoms with Crippen molar-refractivity contribution in [1.29, 1.82) is 5.26 Å². The Morgan fingerprint density at radius 1 is 1.43 bits per heavy atom. The smallest absolute Gasteiger partial charge is 0.341 e. The summed E-state index contributed by atoms with van der Waals surface area (Å²) in [5.74, 6) is -1.76. The molecule has 158 valence electrons. The average molecular weight is 469 g/mol. The Bertz CT molecular complexity index is 1200. The van der Waals surface area contributed by atoms with Crippen LogP contribution in [0.4, 0.5) is 5.00 Å². The second-order valence-corrected chi connectivity index (χ2v) is 9.51. The molecule has 1 N–H and O–H groups in total. The fourth-order valence-electron chi connectivity index (χ4n) is 2.44.